The van der Waals surface area contributed by atoms with Crippen LogP contribution in [0.3, 0.4) is 0 Å². The lowest BCUT2D eigenvalue weighted by atomic mass is 10.00. The van der Waals surface area contributed by atoms with E-state index in [4.69, 9.17) is 5.11 Å². The third-order valence-corrected chi connectivity index (χ3v) is 2.20. The van der Waals surface area contributed by atoms with E-state index >= 15 is 0 Å². The summed E-state index contributed by atoms with van der Waals surface area (Å²) in [6, 6.07) is 0. The summed E-state index contributed by atoms with van der Waals surface area (Å²) in [5.74, 6) is -1.09. The van der Waals surface area contributed by atoms with Crippen LogP contribution < -0.4 is 0 Å². The predicted octanol–water partition coefficient (Wildman–Crippen LogP) is 1.38. The van der Waals surface area contributed by atoms with E-state index in [1.165, 1.54) is 0 Å². The molecule has 0 heterocycles. The van der Waals surface area contributed by atoms with Crippen molar-refractivity contribution in [1.82, 2.24) is 0 Å². The highest BCUT2D eigenvalue weighted by molar-refractivity contribution is 8.14. The number of carbonyl (C=O) groups excluding carboxylic acids is 1. The molecule has 0 atom stereocenters. The summed E-state index contributed by atoms with van der Waals surface area (Å²) in [6.45, 7) is 5.30. The van der Waals surface area contributed by atoms with Crippen molar-refractivity contribution >= 4 is 22.8 Å². The molecular weight excluding hydrogens is 164 g/mol. The van der Waals surface area contributed by atoms with Crippen molar-refractivity contribution in [3.8, 4) is 0 Å². The lowest BCUT2D eigenvalue weighted by Crippen LogP contribution is -2.18. The molecule has 0 aromatic carbocycles. The summed E-state index contributed by atoms with van der Waals surface area (Å²) in [6.07, 6.45) is 0. The number of hydrogen-bond donors (Lipinski definition) is 1. The van der Waals surface area contributed by atoms with E-state index in [9.17, 15) is 9.59 Å². The fourth-order valence-corrected chi connectivity index (χ4v) is 1.03. The zero-order valence-corrected chi connectivity index (χ0v) is 7.70. The van der Waals surface area contributed by atoms with Gasteiger partial charge in [0, 0.05) is 5.41 Å². The summed E-state index contributed by atoms with van der Waals surface area (Å²) >= 11 is 0.853. The molecule has 0 amide bonds. The van der Waals surface area contributed by atoms with Gasteiger partial charge in [-0.2, -0.15) is 0 Å². The van der Waals surface area contributed by atoms with Crippen LogP contribution in [0.15, 0.2) is 0 Å². The Morgan fingerprint density at radius 2 is 1.82 bits per heavy atom. The summed E-state index contributed by atoms with van der Waals surface area (Å²) in [4.78, 5) is 21.1. The smallest absolute Gasteiger partial charge is 0.313 e. The maximum absolute atomic E-state index is 11.1. The molecule has 64 valence electrons. The molecule has 0 fully saturated rings. The standard InChI is InChI=1S/C7H12O3S/c1-7(2,3)6(10)11-4-5(8)9/h4H2,1-3H3,(H,8,9). The average molecular weight is 176 g/mol. The van der Waals surface area contributed by atoms with E-state index in [1.807, 2.05) is 0 Å². The molecule has 0 aliphatic rings. The van der Waals surface area contributed by atoms with Crippen LogP contribution in [0.2, 0.25) is 0 Å². The molecule has 0 spiro atoms. The number of thioether (sulfide) groups is 1. The first-order chi connectivity index (χ1) is 4.84. The Morgan fingerprint density at radius 3 is 2.09 bits per heavy atom. The lowest BCUT2D eigenvalue weighted by Gasteiger charge is -2.14. The van der Waals surface area contributed by atoms with Gasteiger partial charge >= 0.3 is 5.97 Å². The molecule has 0 bridgehead atoms. The molecule has 11 heavy (non-hydrogen) atoms. The second-order valence-corrected chi connectivity index (χ2v) is 4.17. The Bertz CT molecular complexity index is 169. The topological polar surface area (TPSA) is 54.4 Å². The lowest BCUT2D eigenvalue weighted by molar-refractivity contribution is -0.134. The quantitative estimate of drug-likeness (QED) is 0.690. The van der Waals surface area contributed by atoms with Gasteiger partial charge in [-0.25, -0.2) is 0 Å². The minimum Gasteiger partial charge on any atom is -0.481 e. The minimum atomic E-state index is -0.951. The van der Waals surface area contributed by atoms with Crippen LogP contribution in [-0.2, 0) is 9.59 Å². The van der Waals surface area contributed by atoms with Gasteiger partial charge in [0.15, 0.2) is 5.12 Å². The fraction of sp³-hybridized carbons (Fsp3) is 0.714. The van der Waals surface area contributed by atoms with E-state index in [0.29, 0.717) is 0 Å². The fourth-order valence-electron chi connectivity index (χ4n) is 0.344. The van der Waals surface area contributed by atoms with Crippen molar-refractivity contribution in [3.63, 3.8) is 0 Å². The van der Waals surface area contributed by atoms with Crippen molar-refractivity contribution in [2.24, 2.45) is 5.41 Å². The van der Waals surface area contributed by atoms with E-state index in [0.717, 1.165) is 11.8 Å². The number of carboxylic acid groups (broad SMARTS) is 1. The summed E-state index contributed by atoms with van der Waals surface area (Å²) in [5, 5.41) is 8.17. The van der Waals surface area contributed by atoms with Gasteiger partial charge in [-0.05, 0) is 0 Å². The monoisotopic (exact) mass is 176 g/mol. The Morgan fingerprint density at radius 1 is 1.36 bits per heavy atom. The van der Waals surface area contributed by atoms with Crippen LogP contribution in [-0.4, -0.2) is 21.9 Å². The first kappa shape index (κ1) is 10.5. The van der Waals surface area contributed by atoms with Gasteiger partial charge < -0.3 is 5.11 Å². The normalized spacial score (nSPS) is 11.2. The van der Waals surface area contributed by atoms with Crippen LogP contribution in [0.1, 0.15) is 20.8 Å². The highest BCUT2D eigenvalue weighted by Gasteiger charge is 2.22. The van der Waals surface area contributed by atoms with Gasteiger partial charge in [-0.15, -0.1) is 0 Å². The van der Waals surface area contributed by atoms with Crippen molar-refractivity contribution < 1.29 is 14.7 Å². The number of carbonyl (C=O) groups is 2. The van der Waals surface area contributed by atoms with Gasteiger partial charge in [-0.3, -0.25) is 9.59 Å². The molecular formula is C7H12O3S. The molecule has 0 saturated carbocycles. The van der Waals surface area contributed by atoms with Crippen molar-refractivity contribution in [2.45, 2.75) is 20.8 Å². The molecule has 0 rings (SSSR count). The number of hydrogen-bond acceptors (Lipinski definition) is 3. The molecule has 0 radical (unpaired) electrons. The second-order valence-electron chi connectivity index (χ2n) is 3.22. The van der Waals surface area contributed by atoms with Gasteiger partial charge in [0.25, 0.3) is 0 Å². The van der Waals surface area contributed by atoms with E-state index in [2.05, 4.69) is 0 Å². The second kappa shape index (κ2) is 3.76. The Hall–Kier alpha value is -0.510. The SMILES string of the molecule is CC(C)(C)C(=O)SCC(=O)O. The number of aliphatic carboxylic acids is 1. The van der Waals surface area contributed by atoms with Crippen molar-refractivity contribution in [1.29, 1.82) is 0 Å². The molecule has 0 aromatic heterocycles. The molecule has 0 aliphatic carbocycles. The van der Waals surface area contributed by atoms with E-state index in [1.54, 1.807) is 20.8 Å². The highest BCUT2D eigenvalue weighted by atomic mass is 32.2. The van der Waals surface area contributed by atoms with Crippen LogP contribution >= 0.6 is 11.8 Å². The van der Waals surface area contributed by atoms with Crippen LogP contribution in [0.4, 0.5) is 0 Å². The molecule has 1 N–H and O–H groups in total. The average Bonchev–Trinajstić information content (AvgIpc) is 1.80. The van der Waals surface area contributed by atoms with E-state index in [-0.39, 0.29) is 10.9 Å². The Balaban J connectivity index is 3.80. The molecule has 0 aliphatic heterocycles. The van der Waals surface area contributed by atoms with Crippen molar-refractivity contribution in [2.75, 3.05) is 5.75 Å². The summed E-state index contributed by atoms with van der Waals surface area (Å²) < 4.78 is 0. The molecule has 4 heteroatoms. The summed E-state index contributed by atoms with van der Waals surface area (Å²) in [7, 11) is 0. The zero-order chi connectivity index (χ0) is 9.07. The van der Waals surface area contributed by atoms with Crippen LogP contribution in [0, 0.1) is 5.41 Å². The molecule has 0 unspecified atom stereocenters. The Labute approximate surface area is 70.2 Å². The third kappa shape index (κ3) is 4.84. The first-order valence-electron chi connectivity index (χ1n) is 3.23. The third-order valence-electron chi connectivity index (χ3n) is 0.939. The van der Waals surface area contributed by atoms with E-state index < -0.39 is 11.4 Å². The number of rotatable bonds is 2. The zero-order valence-electron chi connectivity index (χ0n) is 6.88. The van der Waals surface area contributed by atoms with Gasteiger partial charge in [-0.1, -0.05) is 32.5 Å². The molecule has 0 saturated heterocycles. The summed E-state index contributed by atoms with van der Waals surface area (Å²) in [5.41, 5.74) is -0.444. The van der Waals surface area contributed by atoms with Crippen LogP contribution in [0.25, 0.3) is 0 Å². The largest absolute Gasteiger partial charge is 0.481 e. The van der Waals surface area contributed by atoms with Gasteiger partial charge in [0.2, 0.25) is 0 Å². The molecule has 0 aromatic rings. The highest BCUT2D eigenvalue weighted by Crippen LogP contribution is 2.22. The van der Waals surface area contributed by atoms with Crippen LogP contribution in [0.5, 0.6) is 0 Å². The first-order valence-corrected chi connectivity index (χ1v) is 4.21. The maximum Gasteiger partial charge on any atom is 0.313 e. The molecule has 3 nitrogen and oxygen atoms in total. The van der Waals surface area contributed by atoms with Gasteiger partial charge in [0.1, 0.15) is 0 Å². The number of carboxylic acids is 1. The predicted molar refractivity (Wildman–Crippen MR) is 44.6 cm³/mol. The minimum absolute atomic E-state index is 0.0834. The van der Waals surface area contributed by atoms with Gasteiger partial charge in [0.05, 0.1) is 5.75 Å². The Kier molecular flexibility index (Phi) is 3.58. The van der Waals surface area contributed by atoms with Crippen molar-refractivity contribution in [3.05, 3.63) is 0 Å². The maximum atomic E-state index is 11.1.